The van der Waals surface area contributed by atoms with Gasteiger partial charge in [0.25, 0.3) is 0 Å². The van der Waals surface area contributed by atoms with E-state index in [1.165, 1.54) is 0 Å². The predicted octanol–water partition coefficient (Wildman–Crippen LogP) is 1.58. The molecule has 0 bridgehead atoms. The van der Waals surface area contributed by atoms with Gasteiger partial charge in [-0.3, -0.25) is 0 Å². The van der Waals surface area contributed by atoms with Crippen molar-refractivity contribution >= 4 is 11.3 Å². The summed E-state index contributed by atoms with van der Waals surface area (Å²) in [7, 11) is 1.73. The monoisotopic (exact) mass is 200 g/mol. The number of rotatable bonds is 6. The lowest BCUT2D eigenvalue weighted by Crippen LogP contribution is -2.16. The van der Waals surface area contributed by atoms with Crippen molar-refractivity contribution in [3.8, 4) is 0 Å². The topological polar surface area (TPSA) is 34.1 Å². The number of aryl methyl sites for hydroxylation is 1. The van der Waals surface area contributed by atoms with E-state index in [1.54, 1.807) is 18.4 Å². The lowest BCUT2D eigenvalue weighted by molar-refractivity contribution is 0.194. The number of aromatic nitrogens is 1. The summed E-state index contributed by atoms with van der Waals surface area (Å²) in [5, 5.41) is 6.54. The average Bonchev–Trinajstić information content (AvgIpc) is 2.51. The second-order valence-corrected chi connectivity index (χ2v) is 3.94. The summed E-state index contributed by atoms with van der Waals surface area (Å²) in [4.78, 5) is 4.35. The van der Waals surface area contributed by atoms with Gasteiger partial charge in [-0.2, -0.15) is 0 Å². The molecule has 0 unspecified atom stereocenters. The van der Waals surface area contributed by atoms with Gasteiger partial charge in [-0.25, -0.2) is 4.98 Å². The third kappa shape index (κ3) is 4.36. The Labute approximate surface area is 83.1 Å². The Balaban J connectivity index is 2.06. The van der Waals surface area contributed by atoms with Crippen LogP contribution in [0.1, 0.15) is 17.1 Å². The molecule has 0 amide bonds. The molecule has 1 aromatic heterocycles. The first-order valence-corrected chi connectivity index (χ1v) is 5.31. The van der Waals surface area contributed by atoms with Gasteiger partial charge in [0.05, 0.1) is 10.7 Å². The highest BCUT2D eigenvalue weighted by Gasteiger charge is 1.96. The van der Waals surface area contributed by atoms with Crippen LogP contribution in [0.3, 0.4) is 0 Å². The van der Waals surface area contributed by atoms with Gasteiger partial charge in [0.1, 0.15) is 0 Å². The van der Waals surface area contributed by atoms with E-state index in [-0.39, 0.29) is 0 Å². The zero-order valence-electron chi connectivity index (χ0n) is 8.17. The summed E-state index contributed by atoms with van der Waals surface area (Å²) < 4.78 is 4.94. The quantitative estimate of drug-likeness (QED) is 0.708. The van der Waals surface area contributed by atoms with E-state index in [0.717, 1.165) is 36.8 Å². The summed E-state index contributed by atoms with van der Waals surface area (Å²) in [5.41, 5.74) is 1.14. The molecular weight excluding hydrogens is 184 g/mol. The van der Waals surface area contributed by atoms with Gasteiger partial charge in [-0.05, 0) is 19.9 Å². The van der Waals surface area contributed by atoms with Crippen molar-refractivity contribution in [3.63, 3.8) is 0 Å². The lowest BCUT2D eigenvalue weighted by Gasteiger charge is -2.01. The van der Waals surface area contributed by atoms with E-state index in [2.05, 4.69) is 15.7 Å². The Morgan fingerprint density at radius 3 is 3.08 bits per heavy atom. The van der Waals surface area contributed by atoms with Crippen molar-refractivity contribution in [1.29, 1.82) is 0 Å². The molecule has 0 radical (unpaired) electrons. The van der Waals surface area contributed by atoms with Crippen molar-refractivity contribution in [2.75, 3.05) is 20.3 Å². The minimum atomic E-state index is 0.823. The van der Waals surface area contributed by atoms with Crippen molar-refractivity contribution in [1.82, 2.24) is 10.3 Å². The zero-order chi connectivity index (χ0) is 9.52. The molecule has 0 spiro atoms. The van der Waals surface area contributed by atoms with E-state index >= 15 is 0 Å². The summed E-state index contributed by atoms with van der Waals surface area (Å²) in [6.07, 6.45) is 1.06. The van der Waals surface area contributed by atoms with Crippen molar-refractivity contribution in [2.24, 2.45) is 0 Å². The van der Waals surface area contributed by atoms with Gasteiger partial charge in [-0.15, -0.1) is 11.3 Å². The highest BCUT2D eigenvalue weighted by atomic mass is 32.1. The van der Waals surface area contributed by atoms with Gasteiger partial charge < -0.3 is 10.1 Å². The Hall–Kier alpha value is -0.450. The van der Waals surface area contributed by atoms with Gasteiger partial charge in [0, 0.05) is 25.6 Å². The standard InChI is InChI=1S/C9H16N2OS/c1-8-11-9(7-13-8)6-10-4-3-5-12-2/h7,10H,3-6H2,1-2H3. The van der Waals surface area contributed by atoms with E-state index in [1.807, 2.05) is 6.92 Å². The molecule has 1 aromatic rings. The molecule has 1 rings (SSSR count). The van der Waals surface area contributed by atoms with Crippen LogP contribution < -0.4 is 5.32 Å². The minimum absolute atomic E-state index is 0.823. The lowest BCUT2D eigenvalue weighted by atomic mass is 10.4. The van der Waals surface area contributed by atoms with Crippen LogP contribution in [-0.4, -0.2) is 25.2 Å². The van der Waals surface area contributed by atoms with Crippen LogP contribution in [-0.2, 0) is 11.3 Å². The highest BCUT2D eigenvalue weighted by Crippen LogP contribution is 2.06. The average molecular weight is 200 g/mol. The first kappa shape index (κ1) is 10.6. The molecule has 0 aliphatic carbocycles. The molecule has 0 saturated carbocycles. The van der Waals surface area contributed by atoms with E-state index in [4.69, 9.17) is 4.74 Å². The fourth-order valence-corrected chi connectivity index (χ4v) is 1.66. The Kier molecular flexibility index (Phi) is 4.97. The molecule has 4 heteroatoms. The van der Waals surface area contributed by atoms with E-state index in [0.29, 0.717) is 0 Å². The molecule has 74 valence electrons. The maximum absolute atomic E-state index is 4.94. The fraction of sp³-hybridized carbons (Fsp3) is 0.667. The van der Waals surface area contributed by atoms with Crippen LogP contribution in [0.5, 0.6) is 0 Å². The SMILES string of the molecule is COCCCNCc1csc(C)n1. The van der Waals surface area contributed by atoms with Crippen LogP contribution in [0.15, 0.2) is 5.38 Å². The van der Waals surface area contributed by atoms with Crippen LogP contribution in [0, 0.1) is 6.92 Å². The molecule has 0 saturated heterocycles. The summed E-state index contributed by atoms with van der Waals surface area (Å²) >= 11 is 1.70. The van der Waals surface area contributed by atoms with Crippen LogP contribution in [0.4, 0.5) is 0 Å². The second kappa shape index (κ2) is 6.07. The molecule has 0 aromatic carbocycles. The van der Waals surface area contributed by atoms with Crippen LogP contribution in [0.25, 0.3) is 0 Å². The van der Waals surface area contributed by atoms with Crippen molar-refractivity contribution in [2.45, 2.75) is 19.9 Å². The summed E-state index contributed by atoms with van der Waals surface area (Å²) in [6.45, 7) is 4.71. The van der Waals surface area contributed by atoms with Crippen molar-refractivity contribution < 1.29 is 4.74 Å². The van der Waals surface area contributed by atoms with Crippen LogP contribution >= 0.6 is 11.3 Å². The zero-order valence-corrected chi connectivity index (χ0v) is 8.99. The second-order valence-electron chi connectivity index (χ2n) is 2.88. The number of hydrogen-bond acceptors (Lipinski definition) is 4. The molecule has 0 aliphatic rings. The largest absolute Gasteiger partial charge is 0.385 e. The first-order chi connectivity index (χ1) is 6.33. The number of nitrogens with one attached hydrogen (secondary N) is 1. The van der Waals surface area contributed by atoms with E-state index in [9.17, 15) is 0 Å². The number of methoxy groups -OCH3 is 1. The Morgan fingerprint density at radius 2 is 2.46 bits per heavy atom. The number of ether oxygens (including phenoxy) is 1. The number of hydrogen-bond donors (Lipinski definition) is 1. The number of nitrogens with zero attached hydrogens (tertiary/aromatic N) is 1. The molecule has 0 fully saturated rings. The predicted molar refractivity (Wildman–Crippen MR) is 55.1 cm³/mol. The third-order valence-electron chi connectivity index (χ3n) is 1.67. The Morgan fingerprint density at radius 1 is 1.62 bits per heavy atom. The maximum Gasteiger partial charge on any atom is 0.0897 e. The molecule has 3 nitrogen and oxygen atoms in total. The molecule has 13 heavy (non-hydrogen) atoms. The Bertz CT molecular complexity index is 237. The first-order valence-electron chi connectivity index (χ1n) is 4.43. The smallest absolute Gasteiger partial charge is 0.0897 e. The van der Waals surface area contributed by atoms with Gasteiger partial charge in [0.15, 0.2) is 0 Å². The number of thiazole rings is 1. The summed E-state index contributed by atoms with van der Waals surface area (Å²) in [6, 6.07) is 0. The maximum atomic E-state index is 4.94. The molecule has 0 atom stereocenters. The molecule has 0 aliphatic heterocycles. The fourth-order valence-electron chi connectivity index (χ4n) is 1.05. The summed E-state index contributed by atoms with van der Waals surface area (Å²) in [5.74, 6) is 0. The molecule has 1 heterocycles. The van der Waals surface area contributed by atoms with Gasteiger partial charge in [-0.1, -0.05) is 0 Å². The normalized spacial score (nSPS) is 10.6. The van der Waals surface area contributed by atoms with E-state index < -0.39 is 0 Å². The van der Waals surface area contributed by atoms with Crippen LogP contribution in [0.2, 0.25) is 0 Å². The molecule has 1 N–H and O–H groups in total. The highest BCUT2D eigenvalue weighted by molar-refractivity contribution is 7.09. The van der Waals surface area contributed by atoms with Crippen molar-refractivity contribution in [3.05, 3.63) is 16.1 Å². The van der Waals surface area contributed by atoms with Gasteiger partial charge >= 0.3 is 0 Å². The minimum Gasteiger partial charge on any atom is -0.385 e. The third-order valence-corrected chi connectivity index (χ3v) is 2.50. The molecular formula is C9H16N2OS. The van der Waals surface area contributed by atoms with Gasteiger partial charge in [0.2, 0.25) is 0 Å².